The number of alkyl halides is 2. The van der Waals surface area contributed by atoms with Crippen LogP contribution in [-0.2, 0) is 6.54 Å². The number of ether oxygens (including phenoxy) is 1. The van der Waals surface area contributed by atoms with E-state index >= 15 is 0 Å². The lowest BCUT2D eigenvalue weighted by Gasteiger charge is -2.32. The van der Waals surface area contributed by atoms with Gasteiger partial charge in [-0.05, 0) is 43.5 Å². The molecule has 2 N–H and O–H groups in total. The number of guanidine groups is 1. The van der Waals surface area contributed by atoms with Crippen molar-refractivity contribution in [2.75, 3.05) is 26.7 Å². The first kappa shape index (κ1) is 19.4. The van der Waals surface area contributed by atoms with Crippen LogP contribution in [0.5, 0.6) is 5.75 Å². The SMILES string of the molecule is CCCN1CCC(NC(=NC)NCc2cccc(OC(F)F)c2)CC1. The average molecular weight is 354 g/mol. The summed E-state index contributed by atoms with van der Waals surface area (Å²) in [6.45, 7) is 3.27. The van der Waals surface area contributed by atoms with Gasteiger partial charge in [-0.15, -0.1) is 0 Å². The standard InChI is InChI=1S/C18H28F2N4O/c1-3-9-24-10-7-15(8-11-24)23-18(21-2)22-13-14-5-4-6-16(12-14)25-17(19)20/h4-6,12,15,17H,3,7-11,13H2,1-2H3,(H2,21,22,23). The summed E-state index contributed by atoms with van der Waals surface area (Å²) in [5.74, 6) is 0.898. The van der Waals surface area contributed by atoms with E-state index < -0.39 is 6.61 Å². The van der Waals surface area contributed by atoms with Crippen LogP contribution in [0.1, 0.15) is 31.7 Å². The third kappa shape index (κ3) is 6.86. The number of aliphatic imine (C=N–C) groups is 1. The number of nitrogens with one attached hydrogen (secondary N) is 2. The lowest BCUT2D eigenvalue weighted by Crippen LogP contribution is -2.48. The predicted octanol–water partition coefficient (Wildman–Crippen LogP) is 2.83. The van der Waals surface area contributed by atoms with Crippen molar-refractivity contribution in [3.8, 4) is 5.75 Å². The number of piperidine rings is 1. The molecule has 1 aromatic rings. The molecule has 25 heavy (non-hydrogen) atoms. The fraction of sp³-hybridized carbons (Fsp3) is 0.611. The Morgan fingerprint density at radius 3 is 2.76 bits per heavy atom. The first-order chi connectivity index (χ1) is 12.1. The van der Waals surface area contributed by atoms with Crippen molar-refractivity contribution in [1.29, 1.82) is 0 Å². The maximum Gasteiger partial charge on any atom is 0.387 e. The summed E-state index contributed by atoms with van der Waals surface area (Å²) >= 11 is 0. The topological polar surface area (TPSA) is 48.9 Å². The molecular formula is C18H28F2N4O. The highest BCUT2D eigenvalue weighted by Crippen LogP contribution is 2.16. The summed E-state index contributed by atoms with van der Waals surface area (Å²) in [6, 6.07) is 7.10. The maximum atomic E-state index is 12.3. The molecule has 0 aliphatic carbocycles. The molecule has 1 fully saturated rings. The molecule has 1 aliphatic heterocycles. The molecule has 1 saturated heterocycles. The van der Waals surface area contributed by atoms with Crippen molar-refractivity contribution in [1.82, 2.24) is 15.5 Å². The van der Waals surface area contributed by atoms with Gasteiger partial charge in [0.15, 0.2) is 5.96 Å². The first-order valence-electron chi connectivity index (χ1n) is 8.84. The number of nitrogens with zero attached hydrogens (tertiary/aromatic N) is 2. The van der Waals surface area contributed by atoms with E-state index in [9.17, 15) is 8.78 Å². The van der Waals surface area contributed by atoms with Gasteiger partial charge in [0.1, 0.15) is 5.75 Å². The number of hydrogen-bond donors (Lipinski definition) is 2. The van der Waals surface area contributed by atoms with Gasteiger partial charge in [-0.25, -0.2) is 0 Å². The van der Waals surface area contributed by atoms with Gasteiger partial charge < -0.3 is 20.3 Å². The number of likely N-dealkylation sites (tertiary alicyclic amines) is 1. The minimum atomic E-state index is -2.81. The zero-order chi connectivity index (χ0) is 18.1. The molecule has 0 bridgehead atoms. The molecule has 0 atom stereocenters. The molecule has 0 saturated carbocycles. The molecule has 0 spiro atoms. The number of rotatable bonds is 7. The second-order valence-corrected chi connectivity index (χ2v) is 6.21. The highest BCUT2D eigenvalue weighted by Gasteiger charge is 2.19. The molecule has 1 heterocycles. The fourth-order valence-corrected chi connectivity index (χ4v) is 3.02. The zero-order valence-electron chi connectivity index (χ0n) is 15.0. The predicted molar refractivity (Wildman–Crippen MR) is 96.2 cm³/mol. The average Bonchev–Trinajstić information content (AvgIpc) is 2.60. The normalized spacial score (nSPS) is 16.9. The summed E-state index contributed by atoms with van der Waals surface area (Å²) in [4.78, 5) is 6.74. The summed E-state index contributed by atoms with van der Waals surface area (Å²) in [7, 11) is 1.73. The molecule has 1 aromatic carbocycles. The van der Waals surface area contributed by atoms with Crippen molar-refractivity contribution in [2.24, 2.45) is 4.99 Å². The number of hydrogen-bond acceptors (Lipinski definition) is 3. The van der Waals surface area contributed by atoms with Crippen molar-refractivity contribution in [3.05, 3.63) is 29.8 Å². The third-order valence-electron chi connectivity index (χ3n) is 4.28. The number of halogens is 2. The molecule has 1 aliphatic rings. The summed E-state index contributed by atoms with van der Waals surface area (Å²) in [6.07, 6.45) is 3.38. The highest BCUT2D eigenvalue weighted by atomic mass is 19.3. The lowest BCUT2D eigenvalue weighted by molar-refractivity contribution is -0.0498. The molecule has 140 valence electrons. The van der Waals surface area contributed by atoms with E-state index in [0.29, 0.717) is 12.6 Å². The van der Waals surface area contributed by atoms with E-state index in [1.807, 2.05) is 6.07 Å². The Morgan fingerprint density at radius 2 is 2.12 bits per heavy atom. The Bertz CT molecular complexity index is 546. The van der Waals surface area contributed by atoms with Crippen LogP contribution in [0.4, 0.5) is 8.78 Å². The molecular weight excluding hydrogens is 326 g/mol. The lowest BCUT2D eigenvalue weighted by atomic mass is 10.1. The third-order valence-corrected chi connectivity index (χ3v) is 4.28. The van der Waals surface area contributed by atoms with Crippen LogP contribution in [0.3, 0.4) is 0 Å². The monoisotopic (exact) mass is 354 g/mol. The Labute approximate surface area is 148 Å². The van der Waals surface area contributed by atoms with Crippen LogP contribution in [0.25, 0.3) is 0 Å². The number of benzene rings is 1. The van der Waals surface area contributed by atoms with E-state index in [1.54, 1.807) is 19.2 Å². The fourth-order valence-electron chi connectivity index (χ4n) is 3.02. The minimum absolute atomic E-state index is 0.167. The Morgan fingerprint density at radius 1 is 1.36 bits per heavy atom. The quantitative estimate of drug-likeness (QED) is 0.584. The molecule has 7 heteroatoms. The highest BCUT2D eigenvalue weighted by molar-refractivity contribution is 5.79. The molecule has 0 radical (unpaired) electrons. The van der Waals surface area contributed by atoms with Gasteiger partial charge in [0.2, 0.25) is 0 Å². The molecule has 0 aromatic heterocycles. The molecule has 0 amide bonds. The van der Waals surface area contributed by atoms with Gasteiger partial charge in [0.05, 0.1) is 0 Å². The second-order valence-electron chi connectivity index (χ2n) is 6.21. The van der Waals surface area contributed by atoms with Gasteiger partial charge in [0, 0.05) is 32.7 Å². The van der Waals surface area contributed by atoms with Gasteiger partial charge in [-0.1, -0.05) is 19.1 Å². The van der Waals surface area contributed by atoms with Crippen LogP contribution in [0.15, 0.2) is 29.3 Å². The summed E-state index contributed by atoms with van der Waals surface area (Å²) in [5, 5.41) is 6.68. The Balaban J connectivity index is 1.79. The molecule has 2 rings (SSSR count). The Hall–Kier alpha value is -1.89. The first-order valence-corrected chi connectivity index (χ1v) is 8.84. The summed E-state index contributed by atoms with van der Waals surface area (Å²) < 4.78 is 29.0. The van der Waals surface area contributed by atoms with Crippen LogP contribution >= 0.6 is 0 Å². The Kier molecular flexibility index (Phi) is 7.91. The molecule has 0 unspecified atom stereocenters. The van der Waals surface area contributed by atoms with E-state index in [1.165, 1.54) is 12.5 Å². The van der Waals surface area contributed by atoms with E-state index in [2.05, 4.69) is 32.2 Å². The van der Waals surface area contributed by atoms with Crippen molar-refractivity contribution >= 4 is 5.96 Å². The van der Waals surface area contributed by atoms with Crippen LogP contribution in [0.2, 0.25) is 0 Å². The van der Waals surface area contributed by atoms with E-state index in [4.69, 9.17) is 0 Å². The van der Waals surface area contributed by atoms with Crippen molar-refractivity contribution in [3.63, 3.8) is 0 Å². The van der Waals surface area contributed by atoms with E-state index in [-0.39, 0.29) is 5.75 Å². The van der Waals surface area contributed by atoms with Gasteiger partial charge >= 0.3 is 6.61 Å². The van der Waals surface area contributed by atoms with Crippen LogP contribution in [-0.4, -0.2) is 50.2 Å². The second kappa shape index (κ2) is 10.2. The van der Waals surface area contributed by atoms with Gasteiger partial charge in [-0.3, -0.25) is 4.99 Å². The van der Waals surface area contributed by atoms with Crippen molar-refractivity contribution in [2.45, 2.75) is 45.4 Å². The maximum absolute atomic E-state index is 12.3. The van der Waals surface area contributed by atoms with Crippen LogP contribution in [0, 0.1) is 0 Å². The summed E-state index contributed by atoms with van der Waals surface area (Å²) in [5.41, 5.74) is 0.860. The smallest absolute Gasteiger partial charge is 0.387 e. The zero-order valence-corrected chi connectivity index (χ0v) is 15.0. The van der Waals surface area contributed by atoms with Crippen LogP contribution < -0.4 is 15.4 Å². The van der Waals surface area contributed by atoms with E-state index in [0.717, 1.165) is 44.0 Å². The van der Waals surface area contributed by atoms with Crippen molar-refractivity contribution < 1.29 is 13.5 Å². The largest absolute Gasteiger partial charge is 0.435 e. The molecule has 5 nitrogen and oxygen atoms in total. The van der Waals surface area contributed by atoms with Gasteiger partial charge in [0.25, 0.3) is 0 Å². The van der Waals surface area contributed by atoms with Gasteiger partial charge in [-0.2, -0.15) is 8.78 Å². The minimum Gasteiger partial charge on any atom is -0.435 e.